The summed E-state index contributed by atoms with van der Waals surface area (Å²) in [6.45, 7) is 1.75. The lowest BCUT2D eigenvalue weighted by Crippen LogP contribution is -2.23. The second-order valence-electron chi connectivity index (χ2n) is 3.92. The molecule has 0 amide bonds. The van der Waals surface area contributed by atoms with Gasteiger partial charge in [0.2, 0.25) is 0 Å². The van der Waals surface area contributed by atoms with E-state index >= 15 is 0 Å². The van der Waals surface area contributed by atoms with Crippen molar-refractivity contribution in [3.8, 4) is 0 Å². The van der Waals surface area contributed by atoms with E-state index in [4.69, 9.17) is 11.6 Å². The highest BCUT2D eigenvalue weighted by molar-refractivity contribution is 6.31. The average molecular weight is 233 g/mol. The Kier molecular flexibility index (Phi) is 2.99. The SMILES string of the molecule is C[C@@](O)(c1ccccc1)c1ccccc1Cl. The third-order valence-corrected chi connectivity index (χ3v) is 3.06. The molecule has 2 rings (SSSR count). The molecule has 1 N–H and O–H groups in total. The van der Waals surface area contributed by atoms with E-state index in [9.17, 15) is 5.11 Å². The normalized spacial score (nSPS) is 14.4. The molecule has 0 aliphatic carbocycles. The largest absolute Gasteiger partial charge is 0.381 e. The van der Waals surface area contributed by atoms with Gasteiger partial charge in [0.1, 0.15) is 5.60 Å². The van der Waals surface area contributed by atoms with Gasteiger partial charge in [0.15, 0.2) is 0 Å². The fraction of sp³-hybridized carbons (Fsp3) is 0.143. The summed E-state index contributed by atoms with van der Waals surface area (Å²) in [5.74, 6) is 0. The summed E-state index contributed by atoms with van der Waals surface area (Å²) in [6, 6.07) is 16.9. The lowest BCUT2D eigenvalue weighted by molar-refractivity contribution is 0.102. The van der Waals surface area contributed by atoms with Gasteiger partial charge in [-0.05, 0) is 18.6 Å². The highest BCUT2D eigenvalue weighted by atomic mass is 35.5. The second-order valence-corrected chi connectivity index (χ2v) is 4.33. The molecule has 2 aromatic carbocycles. The molecule has 1 nitrogen and oxygen atoms in total. The Hall–Kier alpha value is -1.31. The minimum atomic E-state index is -1.06. The minimum absolute atomic E-state index is 0.580. The van der Waals surface area contributed by atoms with Crippen LogP contribution in [0.1, 0.15) is 18.1 Å². The summed E-state index contributed by atoms with van der Waals surface area (Å²) >= 11 is 6.10. The van der Waals surface area contributed by atoms with Crippen LogP contribution in [0.5, 0.6) is 0 Å². The van der Waals surface area contributed by atoms with Crippen LogP contribution in [-0.2, 0) is 5.60 Å². The van der Waals surface area contributed by atoms with Crippen LogP contribution < -0.4 is 0 Å². The van der Waals surface area contributed by atoms with Gasteiger partial charge in [0.25, 0.3) is 0 Å². The van der Waals surface area contributed by atoms with Gasteiger partial charge in [-0.2, -0.15) is 0 Å². The second kappa shape index (κ2) is 4.28. The Bertz CT molecular complexity index is 477. The highest BCUT2D eigenvalue weighted by Crippen LogP contribution is 2.33. The maximum absolute atomic E-state index is 10.6. The van der Waals surface area contributed by atoms with E-state index in [2.05, 4.69) is 0 Å². The third kappa shape index (κ3) is 1.97. The number of halogens is 1. The fourth-order valence-corrected chi connectivity index (χ4v) is 2.09. The number of benzene rings is 2. The standard InChI is InChI=1S/C14H13ClO/c1-14(16,11-7-3-2-4-8-11)12-9-5-6-10-13(12)15/h2-10,16H,1H3/t14-/m1/s1. The number of aliphatic hydroxyl groups is 1. The molecular formula is C14H13ClO. The quantitative estimate of drug-likeness (QED) is 0.839. The Morgan fingerprint density at radius 1 is 0.938 bits per heavy atom. The predicted octanol–water partition coefficient (Wildman–Crippen LogP) is 3.60. The molecule has 0 aliphatic heterocycles. The summed E-state index contributed by atoms with van der Waals surface area (Å²) < 4.78 is 0. The molecule has 0 heterocycles. The molecule has 0 saturated heterocycles. The van der Waals surface area contributed by atoms with Crippen LogP contribution >= 0.6 is 11.6 Å². The van der Waals surface area contributed by atoms with E-state index in [0.717, 1.165) is 11.1 Å². The van der Waals surface area contributed by atoms with E-state index < -0.39 is 5.60 Å². The van der Waals surface area contributed by atoms with E-state index in [1.54, 1.807) is 13.0 Å². The van der Waals surface area contributed by atoms with Crippen molar-refractivity contribution in [3.05, 3.63) is 70.7 Å². The molecule has 0 fully saturated rings. The predicted molar refractivity (Wildman–Crippen MR) is 66.6 cm³/mol. The van der Waals surface area contributed by atoms with Crippen molar-refractivity contribution in [2.24, 2.45) is 0 Å². The number of hydrogen-bond donors (Lipinski definition) is 1. The Morgan fingerprint density at radius 3 is 2.12 bits per heavy atom. The molecule has 0 radical (unpaired) electrons. The first-order chi connectivity index (χ1) is 7.62. The minimum Gasteiger partial charge on any atom is -0.381 e. The van der Waals surface area contributed by atoms with Crippen LogP contribution in [0.2, 0.25) is 5.02 Å². The van der Waals surface area contributed by atoms with Crippen molar-refractivity contribution in [2.75, 3.05) is 0 Å². The molecule has 1 atom stereocenters. The Balaban J connectivity index is 2.51. The van der Waals surface area contributed by atoms with E-state index in [0.29, 0.717) is 5.02 Å². The smallest absolute Gasteiger partial charge is 0.113 e. The summed E-state index contributed by atoms with van der Waals surface area (Å²) in [5.41, 5.74) is 0.505. The van der Waals surface area contributed by atoms with Crippen molar-refractivity contribution < 1.29 is 5.11 Å². The van der Waals surface area contributed by atoms with Gasteiger partial charge < -0.3 is 5.11 Å². The molecule has 0 aromatic heterocycles. The van der Waals surface area contributed by atoms with E-state index in [1.807, 2.05) is 48.5 Å². The summed E-state index contributed by atoms with van der Waals surface area (Å²) in [4.78, 5) is 0. The fourth-order valence-electron chi connectivity index (χ4n) is 1.77. The highest BCUT2D eigenvalue weighted by Gasteiger charge is 2.27. The van der Waals surface area contributed by atoms with Crippen molar-refractivity contribution in [2.45, 2.75) is 12.5 Å². The van der Waals surface area contributed by atoms with Gasteiger partial charge in [0.05, 0.1) is 0 Å². The first kappa shape index (κ1) is 11.2. The topological polar surface area (TPSA) is 20.2 Å². The lowest BCUT2D eigenvalue weighted by Gasteiger charge is -2.25. The maximum Gasteiger partial charge on any atom is 0.113 e. The lowest BCUT2D eigenvalue weighted by atomic mass is 9.88. The Morgan fingerprint density at radius 2 is 1.50 bits per heavy atom. The molecule has 0 unspecified atom stereocenters. The first-order valence-corrected chi connectivity index (χ1v) is 5.53. The van der Waals surface area contributed by atoms with Crippen LogP contribution in [0.25, 0.3) is 0 Å². The van der Waals surface area contributed by atoms with Crippen molar-refractivity contribution in [3.63, 3.8) is 0 Å². The molecule has 16 heavy (non-hydrogen) atoms. The van der Waals surface area contributed by atoms with Crippen LogP contribution in [0.3, 0.4) is 0 Å². The van der Waals surface area contributed by atoms with Crippen LogP contribution in [0.15, 0.2) is 54.6 Å². The van der Waals surface area contributed by atoms with E-state index in [-0.39, 0.29) is 0 Å². The number of rotatable bonds is 2. The van der Waals surface area contributed by atoms with Gasteiger partial charge in [-0.3, -0.25) is 0 Å². The van der Waals surface area contributed by atoms with Crippen LogP contribution in [-0.4, -0.2) is 5.11 Å². The molecule has 2 aromatic rings. The van der Waals surface area contributed by atoms with Gasteiger partial charge in [-0.1, -0.05) is 60.1 Å². The molecule has 0 spiro atoms. The average Bonchev–Trinajstić information content (AvgIpc) is 2.30. The zero-order valence-electron chi connectivity index (χ0n) is 9.02. The molecule has 0 bridgehead atoms. The summed E-state index contributed by atoms with van der Waals surface area (Å²) in [7, 11) is 0. The van der Waals surface area contributed by atoms with Crippen LogP contribution in [0, 0.1) is 0 Å². The maximum atomic E-state index is 10.6. The first-order valence-electron chi connectivity index (χ1n) is 5.15. The zero-order valence-corrected chi connectivity index (χ0v) is 9.78. The molecule has 0 aliphatic rings. The third-order valence-electron chi connectivity index (χ3n) is 2.73. The van der Waals surface area contributed by atoms with Crippen molar-refractivity contribution in [1.82, 2.24) is 0 Å². The van der Waals surface area contributed by atoms with Gasteiger partial charge in [-0.15, -0.1) is 0 Å². The van der Waals surface area contributed by atoms with Gasteiger partial charge >= 0.3 is 0 Å². The van der Waals surface area contributed by atoms with E-state index in [1.165, 1.54) is 0 Å². The molecule has 0 saturated carbocycles. The monoisotopic (exact) mass is 232 g/mol. The summed E-state index contributed by atoms with van der Waals surface area (Å²) in [6.07, 6.45) is 0. The molecular weight excluding hydrogens is 220 g/mol. The van der Waals surface area contributed by atoms with Gasteiger partial charge in [-0.25, -0.2) is 0 Å². The summed E-state index contributed by atoms with van der Waals surface area (Å²) in [5, 5.41) is 11.1. The Labute approximate surface area is 100 Å². The van der Waals surface area contributed by atoms with Crippen molar-refractivity contribution in [1.29, 1.82) is 0 Å². The van der Waals surface area contributed by atoms with Crippen molar-refractivity contribution >= 4 is 11.6 Å². The molecule has 2 heteroatoms. The van der Waals surface area contributed by atoms with Gasteiger partial charge in [0, 0.05) is 10.6 Å². The number of hydrogen-bond acceptors (Lipinski definition) is 1. The zero-order chi connectivity index (χ0) is 11.6. The molecule has 82 valence electrons. The van der Waals surface area contributed by atoms with Crippen LogP contribution in [0.4, 0.5) is 0 Å².